The first-order valence-corrected chi connectivity index (χ1v) is 5.59. The molecule has 5 heteroatoms. The summed E-state index contributed by atoms with van der Waals surface area (Å²) in [6, 6.07) is 7.41. The zero-order chi connectivity index (χ0) is 12.4. The van der Waals surface area contributed by atoms with Crippen LogP contribution in [0.25, 0.3) is 0 Å². The Kier molecular flexibility index (Phi) is 3.21. The number of nitriles is 1. The third-order valence-electron chi connectivity index (χ3n) is 2.68. The molecule has 17 heavy (non-hydrogen) atoms. The van der Waals surface area contributed by atoms with Crippen molar-refractivity contribution in [3.05, 3.63) is 28.8 Å². The Morgan fingerprint density at radius 2 is 2.35 bits per heavy atom. The number of nitrogens with zero attached hydrogens (tertiary/aromatic N) is 2. The number of halogens is 1. The van der Waals surface area contributed by atoms with E-state index in [4.69, 9.17) is 21.6 Å². The van der Waals surface area contributed by atoms with E-state index in [1.807, 2.05) is 13.0 Å². The number of carbonyl (C=O) groups excluding carboxylic acids is 1. The minimum absolute atomic E-state index is 0.158. The molecule has 0 saturated carbocycles. The maximum atomic E-state index is 11.7. The van der Waals surface area contributed by atoms with Gasteiger partial charge in [-0.1, -0.05) is 17.7 Å². The van der Waals surface area contributed by atoms with Gasteiger partial charge in [-0.3, -0.25) is 4.90 Å². The van der Waals surface area contributed by atoms with Gasteiger partial charge in [-0.2, -0.15) is 5.26 Å². The predicted molar refractivity (Wildman–Crippen MR) is 64.0 cm³/mol. The summed E-state index contributed by atoms with van der Waals surface area (Å²) in [5.74, 6) is -0.300. The molecular formula is C12H11ClN2O2. The molecule has 0 bridgehead atoms. The number of hydrogen-bond donors (Lipinski definition) is 0. The molecular weight excluding hydrogens is 240 g/mol. The standard InChI is InChI=1S/C12H11ClN2O2/c1-8-2-3-10(13)4-11(8)15-6-9(5-14)7-17-12(15)16/h2-4,9H,6-7H2,1H3. The lowest BCUT2D eigenvalue weighted by Crippen LogP contribution is -2.43. The van der Waals surface area contributed by atoms with E-state index in [9.17, 15) is 4.79 Å². The molecule has 1 amide bonds. The van der Waals surface area contributed by atoms with Crippen LogP contribution in [0.4, 0.5) is 10.5 Å². The second-order valence-electron chi connectivity index (χ2n) is 3.94. The van der Waals surface area contributed by atoms with Gasteiger partial charge >= 0.3 is 6.09 Å². The first-order valence-electron chi connectivity index (χ1n) is 5.22. The van der Waals surface area contributed by atoms with E-state index in [1.165, 1.54) is 4.90 Å². The van der Waals surface area contributed by atoms with Crippen molar-refractivity contribution in [2.75, 3.05) is 18.1 Å². The Morgan fingerprint density at radius 1 is 1.59 bits per heavy atom. The van der Waals surface area contributed by atoms with E-state index >= 15 is 0 Å². The summed E-state index contributed by atoms with van der Waals surface area (Å²) < 4.78 is 4.96. The normalized spacial score (nSPS) is 19.7. The van der Waals surface area contributed by atoms with E-state index in [1.54, 1.807) is 12.1 Å². The Hall–Kier alpha value is -1.73. The number of rotatable bonds is 1. The molecule has 0 N–H and O–H groups in total. The summed E-state index contributed by atoms with van der Waals surface area (Å²) in [7, 11) is 0. The highest BCUT2D eigenvalue weighted by atomic mass is 35.5. The van der Waals surface area contributed by atoms with Crippen LogP contribution in [0.2, 0.25) is 5.02 Å². The zero-order valence-corrected chi connectivity index (χ0v) is 10.1. The minimum atomic E-state index is -0.429. The quantitative estimate of drug-likeness (QED) is 0.770. The number of hydrogen-bond acceptors (Lipinski definition) is 3. The van der Waals surface area contributed by atoms with Crippen LogP contribution >= 0.6 is 11.6 Å². The Balaban J connectivity index is 2.34. The number of ether oxygens (including phenoxy) is 1. The molecule has 1 aromatic carbocycles. The third kappa shape index (κ3) is 2.34. The van der Waals surface area contributed by atoms with Crippen molar-refractivity contribution in [2.24, 2.45) is 5.92 Å². The number of benzene rings is 1. The highest BCUT2D eigenvalue weighted by Gasteiger charge is 2.29. The van der Waals surface area contributed by atoms with E-state index in [0.717, 1.165) is 5.56 Å². The van der Waals surface area contributed by atoms with Gasteiger partial charge in [0.25, 0.3) is 0 Å². The summed E-state index contributed by atoms with van der Waals surface area (Å²) in [5, 5.41) is 9.43. The second-order valence-corrected chi connectivity index (χ2v) is 4.38. The molecule has 1 aliphatic heterocycles. The first-order chi connectivity index (χ1) is 8.11. The van der Waals surface area contributed by atoms with Crippen molar-refractivity contribution in [3.63, 3.8) is 0 Å². The van der Waals surface area contributed by atoms with Crippen LogP contribution in [0, 0.1) is 24.2 Å². The minimum Gasteiger partial charge on any atom is -0.448 e. The summed E-state index contributed by atoms with van der Waals surface area (Å²) in [6.07, 6.45) is -0.429. The van der Waals surface area contributed by atoms with Crippen molar-refractivity contribution in [2.45, 2.75) is 6.92 Å². The second kappa shape index (κ2) is 4.64. The lowest BCUT2D eigenvalue weighted by atomic mass is 10.1. The molecule has 0 aliphatic carbocycles. The number of amides is 1. The average molecular weight is 251 g/mol. The van der Waals surface area contributed by atoms with Crippen LogP contribution in [0.15, 0.2) is 18.2 Å². The Morgan fingerprint density at radius 3 is 3.06 bits per heavy atom. The maximum Gasteiger partial charge on any atom is 0.414 e. The van der Waals surface area contributed by atoms with Crippen molar-refractivity contribution in [3.8, 4) is 6.07 Å². The molecule has 4 nitrogen and oxygen atoms in total. The summed E-state index contributed by atoms with van der Waals surface area (Å²) in [6.45, 7) is 2.39. The Labute approximate surface area is 104 Å². The van der Waals surface area contributed by atoms with Crippen molar-refractivity contribution < 1.29 is 9.53 Å². The van der Waals surface area contributed by atoms with Gasteiger partial charge in [0.2, 0.25) is 0 Å². The molecule has 1 aromatic rings. The van der Waals surface area contributed by atoms with Crippen molar-refractivity contribution >= 4 is 23.4 Å². The molecule has 1 heterocycles. The zero-order valence-electron chi connectivity index (χ0n) is 9.31. The molecule has 1 aliphatic rings. The van der Waals surface area contributed by atoms with E-state index < -0.39 is 6.09 Å². The number of cyclic esters (lactones) is 1. The van der Waals surface area contributed by atoms with Crippen molar-refractivity contribution in [1.82, 2.24) is 0 Å². The van der Waals surface area contributed by atoms with Crippen LogP contribution in [0.1, 0.15) is 5.56 Å². The van der Waals surface area contributed by atoms with Crippen molar-refractivity contribution in [1.29, 1.82) is 5.26 Å². The van der Waals surface area contributed by atoms with Crippen LogP contribution in [-0.2, 0) is 4.74 Å². The van der Waals surface area contributed by atoms with Crippen LogP contribution in [0.5, 0.6) is 0 Å². The molecule has 88 valence electrons. The van der Waals surface area contributed by atoms with E-state index in [2.05, 4.69) is 6.07 Å². The smallest absolute Gasteiger partial charge is 0.414 e. The number of carbonyl (C=O) groups is 1. The van der Waals surface area contributed by atoms with Gasteiger partial charge in [-0.05, 0) is 24.6 Å². The SMILES string of the molecule is Cc1ccc(Cl)cc1N1CC(C#N)COC1=O. The summed E-state index contributed by atoms with van der Waals surface area (Å²) in [5.41, 5.74) is 1.62. The fraction of sp³-hybridized carbons (Fsp3) is 0.333. The molecule has 0 aromatic heterocycles. The molecule has 1 atom stereocenters. The van der Waals surface area contributed by atoms with Crippen LogP contribution in [-0.4, -0.2) is 19.2 Å². The molecule has 0 radical (unpaired) electrons. The van der Waals surface area contributed by atoms with Gasteiger partial charge in [0, 0.05) is 11.6 Å². The summed E-state index contributed by atoms with van der Waals surface area (Å²) >= 11 is 5.91. The number of aryl methyl sites for hydroxylation is 1. The summed E-state index contributed by atoms with van der Waals surface area (Å²) in [4.78, 5) is 13.1. The molecule has 2 rings (SSSR count). The van der Waals surface area contributed by atoms with Gasteiger partial charge < -0.3 is 4.74 Å². The van der Waals surface area contributed by atoms with E-state index in [0.29, 0.717) is 17.3 Å². The van der Waals surface area contributed by atoms with Gasteiger partial charge in [0.1, 0.15) is 6.61 Å². The van der Waals surface area contributed by atoms with E-state index in [-0.39, 0.29) is 12.5 Å². The molecule has 1 unspecified atom stereocenters. The van der Waals surface area contributed by atoms with Crippen LogP contribution < -0.4 is 4.90 Å². The fourth-order valence-electron chi connectivity index (χ4n) is 1.75. The highest BCUT2D eigenvalue weighted by Crippen LogP contribution is 2.27. The van der Waals surface area contributed by atoms with Gasteiger partial charge in [-0.15, -0.1) is 0 Å². The maximum absolute atomic E-state index is 11.7. The fourth-order valence-corrected chi connectivity index (χ4v) is 1.91. The average Bonchev–Trinajstić information content (AvgIpc) is 2.33. The molecule has 1 saturated heterocycles. The van der Waals surface area contributed by atoms with Gasteiger partial charge in [0.15, 0.2) is 0 Å². The molecule has 0 spiro atoms. The Bertz CT molecular complexity index is 496. The highest BCUT2D eigenvalue weighted by molar-refractivity contribution is 6.31. The largest absolute Gasteiger partial charge is 0.448 e. The van der Waals surface area contributed by atoms with Crippen LogP contribution in [0.3, 0.4) is 0 Å². The number of anilines is 1. The predicted octanol–water partition coefficient (Wildman–Crippen LogP) is 2.74. The monoisotopic (exact) mass is 250 g/mol. The lowest BCUT2D eigenvalue weighted by molar-refractivity contribution is 0.127. The van der Waals surface area contributed by atoms with Gasteiger partial charge in [0.05, 0.1) is 17.7 Å². The first kappa shape index (κ1) is 11.7. The molecule has 1 fully saturated rings. The third-order valence-corrected chi connectivity index (χ3v) is 2.91. The lowest BCUT2D eigenvalue weighted by Gasteiger charge is -2.30. The van der Waals surface area contributed by atoms with Gasteiger partial charge in [-0.25, -0.2) is 4.79 Å². The topological polar surface area (TPSA) is 53.3 Å².